The summed E-state index contributed by atoms with van der Waals surface area (Å²) in [5.41, 5.74) is 6.02. The molecule has 1 aliphatic rings. The van der Waals surface area contributed by atoms with Crippen LogP contribution in [0.1, 0.15) is 31.7 Å². The molecule has 1 heterocycles. The van der Waals surface area contributed by atoms with Gasteiger partial charge in [0.25, 0.3) is 0 Å². The number of hydrogen-bond acceptors (Lipinski definition) is 2. The Kier molecular flexibility index (Phi) is 8.15. The fourth-order valence-electron chi connectivity index (χ4n) is 2.94. The average molecular weight is 428 g/mol. The highest BCUT2D eigenvalue weighted by Gasteiger charge is 2.21. The van der Waals surface area contributed by atoms with Crippen LogP contribution < -0.4 is 16.4 Å². The third-order valence-corrected chi connectivity index (χ3v) is 4.87. The van der Waals surface area contributed by atoms with Crippen LogP contribution in [-0.4, -0.2) is 49.1 Å². The second-order valence-electron chi connectivity index (χ2n) is 6.34. The van der Waals surface area contributed by atoms with Crippen LogP contribution in [0.25, 0.3) is 0 Å². The summed E-state index contributed by atoms with van der Waals surface area (Å²) >= 11 is 3.27. The summed E-state index contributed by atoms with van der Waals surface area (Å²) in [5, 5.41) is 6.65. The van der Waals surface area contributed by atoms with Crippen LogP contribution in [0, 0.1) is 5.82 Å². The number of carbonyl (C=O) groups is 1. The zero-order valence-electron chi connectivity index (χ0n) is 15.1. The quantitative estimate of drug-likeness (QED) is 0.370. The van der Waals surface area contributed by atoms with Gasteiger partial charge < -0.3 is 21.3 Å². The monoisotopic (exact) mass is 427 g/mol. The Bertz CT molecular complexity index is 632. The Morgan fingerprint density at radius 1 is 1.42 bits per heavy atom. The fourth-order valence-corrected chi connectivity index (χ4v) is 3.28. The van der Waals surface area contributed by atoms with Gasteiger partial charge in [-0.2, -0.15) is 0 Å². The predicted octanol–water partition coefficient (Wildman–Crippen LogP) is 2.62. The molecule has 26 heavy (non-hydrogen) atoms. The van der Waals surface area contributed by atoms with Crippen molar-refractivity contribution in [3.05, 3.63) is 34.1 Å². The van der Waals surface area contributed by atoms with E-state index in [0.29, 0.717) is 31.6 Å². The Hall–Kier alpha value is -1.83. The number of piperidine rings is 1. The van der Waals surface area contributed by atoms with Crippen molar-refractivity contribution in [3.63, 3.8) is 0 Å². The summed E-state index contributed by atoms with van der Waals surface area (Å²) < 4.78 is 14.6. The molecule has 0 radical (unpaired) electrons. The first-order chi connectivity index (χ1) is 12.5. The van der Waals surface area contributed by atoms with E-state index in [4.69, 9.17) is 5.73 Å². The predicted molar refractivity (Wildman–Crippen MR) is 106 cm³/mol. The lowest BCUT2D eigenvalue weighted by molar-refractivity contribution is 0.188. The van der Waals surface area contributed by atoms with Gasteiger partial charge >= 0.3 is 6.03 Å². The maximum absolute atomic E-state index is 13.8. The number of urea groups is 1. The highest BCUT2D eigenvalue weighted by atomic mass is 79.9. The molecule has 0 aliphatic carbocycles. The maximum Gasteiger partial charge on any atom is 0.314 e. The van der Waals surface area contributed by atoms with Gasteiger partial charge in [0.1, 0.15) is 5.82 Å². The zero-order chi connectivity index (χ0) is 18.9. The van der Waals surface area contributed by atoms with Gasteiger partial charge in [0.05, 0.1) is 0 Å². The molecular formula is C18H27BrFN5O. The van der Waals surface area contributed by atoms with Crippen LogP contribution in [0.15, 0.2) is 27.7 Å². The van der Waals surface area contributed by atoms with Crippen molar-refractivity contribution in [1.82, 2.24) is 15.5 Å². The van der Waals surface area contributed by atoms with Gasteiger partial charge in [-0.3, -0.25) is 4.99 Å². The third-order valence-electron chi connectivity index (χ3n) is 4.38. The summed E-state index contributed by atoms with van der Waals surface area (Å²) in [4.78, 5) is 17.4. The second kappa shape index (κ2) is 10.4. The van der Waals surface area contributed by atoms with Crippen molar-refractivity contribution in [2.45, 2.75) is 38.6 Å². The number of nitrogens with one attached hydrogen (secondary N) is 2. The number of rotatable bonds is 6. The summed E-state index contributed by atoms with van der Waals surface area (Å²) in [6, 6.07) is 5.06. The van der Waals surface area contributed by atoms with E-state index < -0.39 is 0 Å². The number of aliphatic imine (C=N–C) groups is 1. The Morgan fingerprint density at radius 3 is 2.77 bits per heavy atom. The highest BCUT2D eigenvalue weighted by molar-refractivity contribution is 9.10. The minimum atomic E-state index is -0.357. The smallest absolute Gasteiger partial charge is 0.314 e. The third kappa shape index (κ3) is 6.48. The van der Waals surface area contributed by atoms with Crippen LogP contribution in [0.3, 0.4) is 0 Å². The molecule has 1 aromatic carbocycles. The van der Waals surface area contributed by atoms with E-state index >= 15 is 0 Å². The molecule has 6 nitrogen and oxygen atoms in total. The summed E-state index contributed by atoms with van der Waals surface area (Å²) in [6.45, 7) is 4.73. The van der Waals surface area contributed by atoms with E-state index in [1.54, 1.807) is 11.0 Å². The van der Waals surface area contributed by atoms with Gasteiger partial charge in [-0.15, -0.1) is 0 Å². The number of halogens is 2. The van der Waals surface area contributed by atoms with Gasteiger partial charge in [-0.1, -0.05) is 22.0 Å². The van der Waals surface area contributed by atoms with E-state index in [-0.39, 0.29) is 17.9 Å². The molecule has 0 saturated carbocycles. The molecule has 0 bridgehead atoms. The van der Waals surface area contributed by atoms with Crippen LogP contribution in [0.5, 0.6) is 0 Å². The lowest BCUT2D eigenvalue weighted by Gasteiger charge is -2.32. The number of amides is 2. The molecule has 0 aromatic heterocycles. The van der Waals surface area contributed by atoms with Crippen molar-refractivity contribution in [1.29, 1.82) is 0 Å². The van der Waals surface area contributed by atoms with Crippen molar-refractivity contribution in [2.24, 2.45) is 10.7 Å². The molecule has 0 spiro atoms. The molecule has 0 unspecified atom stereocenters. The number of likely N-dealkylation sites (tertiary alicyclic amines) is 1. The van der Waals surface area contributed by atoms with Crippen molar-refractivity contribution >= 4 is 27.9 Å². The number of aryl methyl sites for hydroxylation is 1. The first kappa shape index (κ1) is 20.5. The van der Waals surface area contributed by atoms with Gasteiger partial charge in [-0.25, -0.2) is 9.18 Å². The molecule has 0 atom stereocenters. The van der Waals surface area contributed by atoms with E-state index in [0.717, 1.165) is 36.2 Å². The average Bonchev–Trinajstić information content (AvgIpc) is 2.60. The number of hydrogen-bond donors (Lipinski definition) is 3. The molecule has 1 saturated heterocycles. The Balaban J connectivity index is 1.80. The molecule has 144 valence electrons. The number of benzene rings is 1. The van der Waals surface area contributed by atoms with Gasteiger partial charge in [0.2, 0.25) is 0 Å². The summed E-state index contributed by atoms with van der Waals surface area (Å²) in [5.74, 6) is 0.580. The van der Waals surface area contributed by atoms with Crippen LogP contribution >= 0.6 is 15.9 Å². The molecule has 2 amide bonds. The summed E-state index contributed by atoms with van der Waals surface area (Å²) in [7, 11) is 0. The zero-order valence-corrected chi connectivity index (χ0v) is 16.7. The SMILES string of the molecule is CCNC(=NCCCc1ccc(Br)cc1F)NC1CCN(C(N)=O)CC1. The van der Waals surface area contributed by atoms with E-state index in [1.807, 2.05) is 13.0 Å². The number of carbonyl (C=O) groups excluding carboxylic acids is 1. The standard InChI is InChI=1S/C18H27BrFN5O/c1-2-22-18(24-15-7-10-25(11-8-15)17(21)26)23-9-3-4-13-5-6-14(19)12-16(13)20/h5-6,12,15H,2-4,7-11H2,1H3,(H2,21,26)(H2,22,23,24). The van der Waals surface area contributed by atoms with E-state index in [2.05, 4.69) is 31.6 Å². The molecular weight excluding hydrogens is 401 g/mol. The maximum atomic E-state index is 13.8. The van der Waals surface area contributed by atoms with Crippen molar-refractivity contribution < 1.29 is 9.18 Å². The lowest BCUT2D eigenvalue weighted by Crippen LogP contribution is -2.50. The fraction of sp³-hybridized carbons (Fsp3) is 0.556. The number of primary amides is 1. The molecule has 1 aliphatic heterocycles. The summed E-state index contributed by atoms with van der Waals surface area (Å²) in [6.07, 6.45) is 3.11. The van der Waals surface area contributed by atoms with E-state index in [9.17, 15) is 9.18 Å². The van der Waals surface area contributed by atoms with Crippen molar-refractivity contribution in [2.75, 3.05) is 26.2 Å². The minimum Gasteiger partial charge on any atom is -0.357 e. The molecule has 2 rings (SSSR count). The van der Waals surface area contributed by atoms with Gasteiger partial charge in [0.15, 0.2) is 5.96 Å². The van der Waals surface area contributed by atoms with Crippen LogP contribution in [0.4, 0.5) is 9.18 Å². The molecule has 1 fully saturated rings. The Labute approximate surface area is 162 Å². The topological polar surface area (TPSA) is 82.8 Å². The number of nitrogens with zero attached hydrogens (tertiary/aromatic N) is 2. The minimum absolute atomic E-state index is 0.186. The van der Waals surface area contributed by atoms with Gasteiger partial charge in [-0.05, 0) is 50.3 Å². The Morgan fingerprint density at radius 2 is 2.15 bits per heavy atom. The lowest BCUT2D eigenvalue weighted by atomic mass is 10.1. The normalized spacial score (nSPS) is 15.8. The molecule has 1 aromatic rings. The number of guanidine groups is 1. The first-order valence-corrected chi connectivity index (χ1v) is 9.82. The molecule has 8 heteroatoms. The second-order valence-corrected chi connectivity index (χ2v) is 7.26. The highest BCUT2D eigenvalue weighted by Crippen LogP contribution is 2.16. The van der Waals surface area contributed by atoms with Crippen molar-refractivity contribution in [3.8, 4) is 0 Å². The first-order valence-electron chi connectivity index (χ1n) is 9.02. The van der Waals surface area contributed by atoms with Gasteiger partial charge in [0, 0.05) is 36.7 Å². The van der Waals surface area contributed by atoms with Crippen LogP contribution in [0.2, 0.25) is 0 Å². The number of nitrogens with two attached hydrogens (primary N) is 1. The van der Waals surface area contributed by atoms with E-state index in [1.165, 1.54) is 6.07 Å². The van der Waals surface area contributed by atoms with Crippen LogP contribution in [-0.2, 0) is 6.42 Å². The largest absolute Gasteiger partial charge is 0.357 e. The molecule has 4 N–H and O–H groups in total.